The van der Waals surface area contributed by atoms with Gasteiger partial charge in [-0.05, 0) is 36.8 Å². The molecule has 6 heteroatoms. The summed E-state index contributed by atoms with van der Waals surface area (Å²) in [5, 5.41) is 2.97. The van der Waals surface area contributed by atoms with Gasteiger partial charge in [0.25, 0.3) is 0 Å². The van der Waals surface area contributed by atoms with Crippen molar-refractivity contribution in [1.82, 2.24) is 20.2 Å². The zero-order valence-electron chi connectivity index (χ0n) is 16.2. The lowest BCUT2D eigenvalue weighted by Gasteiger charge is -2.34. The van der Waals surface area contributed by atoms with Crippen LogP contribution >= 0.6 is 0 Å². The second-order valence-electron chi connectivity index (χ2n) is 8.38. The molecule has 5 rings (SSSR count). The Morgan fingerprint density at radius 3 is 2.93 bits per heavy atom. The summed E-state index contributed by atoms with van der Waals surface area (Å²) >= 11 is 0. The third-order valence-electron chi connectivity index (χ3n) is 6.28. The summed E-state index contributed by atoms with van der Waals surface area (Å²) in [5.41, 5.74) is 4.18. The van der Waals surface area contributed by atoms with Crippen molar-refractivity contribution < 1.29 is 9.53 Å². The summed E-state index contributed by atoms with van der Waals surface area (Å²) in [7, 11) is 0. The van der Waals surface area contributed by atoms with Crippen molar-refractivity contribution in [3.8, 4) is 0 Å². The zero-order valence-corrected chi connectivity index (χ0v) is 16.2. The summed E-state index contributed by atoms with van der Waals surface area (Å²) in [4.78, 5) is 23.9. The zero-order chi connectivity index (χ0) is 19.1. The Kier molecular flexibility index (Phi) is 4.40. The molecule has 0 radical (unpaired) electrons. The fraction of sp³-hybridized carbons (Fsp3) is 0.500. The van der Waals surface area contributed by atoms with E-state index in [9.17, 15) is 4.79 Å². The highest BCUT2D eigenvalue weighted by Gasteiger charge is 2.53. The molecular formula is C22H26N4O2. The Hall–Kier alpha value is -2.31. The number of fused-ring (bicyclic) bond motifs is 2. The normalized spacial score (nSPS) is 26.5. The molecule has 3 aliphatic rings. The van der Waals surface area contributed by atoms with E-state index >= 15 is 0 Å². The number of hydrogen-bond donors (Lipinski definition) is 1. The van der Waals surface area contributed by atoms with Gasteiger partial charge in [-0.15, -0.1) is 0 Å². The number of amides is 1. The number of carbonyl (C=O) groups excluding carboxylic acids is 1. The first-order valence-electron chi connectivity index (χ1n) is 10.1. The number of carbonyl (C=O) groups is 1. The predicted molar refractivity (Wildman–Crippen MR) is 104 cm³/mol. The minimum absolute atomic E-state index is 0.0602. The van der Waals surface area contributed by atoms with Crippen LogP contribution in [0.5, 0.6) is 0 Å². The average Bonchev–Trinajstić information content (AvgIpc) is 3.33. The Morgan fingerprint density at radius 1 is 1.29 bits per heavy atom. The lowest BCUT2D eigenvalue weighted by molar-refractivity contribution is -0.130. The maximum absolute atomic E-state index is 12.8. The van der Waals surface area contributed by atoms with Crippen LogP contribution < -0.4 is 5.32 Å². The first-order valence-corrected chi connectivity index (χ1v) is 10.1. The highest BCUT2D eigenvalue weighted by atomic mass is 16.5. The Morgan fingerprint density at radius 2 is 2.14 bits per heavy atom. The van der Waals surface area contributed by atoms with Crippen molar-refractivity contribution in [1.29, 1.82) is 0 Å². The van der Waals surface area contributed by atoms with Crippen LogP contribution in [0.2, 0.25) is 0 Å². The van der Waals surface area contributed by atoms with Crippen LogP contribution in [0.25, 0.3) is 0 Å². The first kappa shape index (κ1) is 17.8. The Balaban J connectivity index is 1.30. The molecule has 1 saturated heterocycles. The molecule has 1 aromatic carbocycles. The van der Waals surface area contributed by atoms with Gasteiger partial charge in [-0.2, -0.15) is 0 Å². The average molecular weight is 378 g/mol. The first-order chi connectivity index (χ1) is 13.6. The molecule has 2 atom stereocenters. The Bertz CT molecular complexity index is 880. The lowest BCUT2D eigenvalue weighted by Crippen LogP contribution is -2.43. The molecule has 1 aromatic heterocycles. The van der Waals surface area contributed by atoms with E-state index in [-0.39, 0.29) is 11.4 Å². The van der Waals surface area contributed by atoms with Gasteiger partial charge in [-0.1, -0.05) is 24.3 Å². The molecule has 2 fully saturated rings. The minimum atomic E-state index is -0.425. The topological polar surface area (TPSA) is 67.3 Å². The standard InChI is InChI=1S/C22H26N4O2/c1-15-9-24-18(10-23-15)11-25-21(27)20-8-22(14-28-20)19-5-3-2-4-17(19)13-26(22)12-16-6-7-16/h2-5,9-10,16,20H,6-8,11-14H2,1H3,(H,25,27)/t20-,22+/m0/s1. The molecule has 1 saturated carbocycles. The highest BCUT2D eigenvalue weighted by Crippen LogP contribution is 2.48. The van der Waals surface area contributed by atoms with Gasteiger partial charge < -0.3 is 10.1 Å². The molecule has 2 aromatic rings. The molecular weight excluding hydrogens is 352 g/mol. The van der Waals surface area contributed by atoms with Crippen LogP contribution in [0.4, 0.5) is 0 Å². The van der Waals surface area contributed by atoms with Crippen molar-refractivity contribution in [3.05, 3.63) is 59.2 Å². The van der Waals surface area contributed by atoms with Crippen LogP contribution in [-0.2, 0) is 28.2 Å². The van der Waals surface area contributed by atoms with Crippen LogP contribution in [0.3, 0.4) is 0 Å². The fourth-order valence-electron chi connectivity index (χ4n) is 4.53. The summed E-state index contributed by atoms with van der Waals surface area (Å²) in [6.45, 7) is 4.92. The molecule has 1 N–H and O–H groups in total. The monoisotopic (exact) mass is 378 g/mol. The number of nitrogens with zero attached hydrogens (tertiary/aromatic N) is 3. The summed E-state index contributed by atoms with van der Waals surface area (Å²) in [6, 6.07) is 8.64. The third-order valence-corrected chi connectivity index (χ3v) is 6.28. The van der Waals surface area contributed by atoms with Crippen molar-refractivity contribution in [3.63, 3.8) is 0 Å². The number of hydrogen-bond acceptors (Lipinski definition) is 5. The molecule has 2 aliphatic heterocycles. The van der Waals surface area contributed by atoms with Gasteiger partial charge in [0, 0.05) is 25.7 Å². The number of ether oxygens (including phenoxy) is 1. The van der Waals surface area contributed by atoms with Crippen molar-refractivity contribution in [2.45, 2.75) is 50.9 Å². The van der Waals surface area contributed by atoms with E-state index in [0.717, 1.165) is 30.4 Å². The van der Waals surface area contributed by atoms with Gasteiger partial charge in [-0.25, -0.2) is 0 Å². The SMILES string of the molecule is Cc1cnc(CNC(=O)[C@@H]2C[C@@]3(CO2)c2ccccc2CN3CC2CC2)cn1. The van der Waals surface area contributed by atoms with Crippen LogP contribution in [-0.4, -0.2) is 40.0 Å². The van der Waals surface area contributed by atoms with Gasteiger partial charge in [0.2, 0.25) is 5.91 Å². The van der Waals surface area contributed by atoms with E-state index in [1.54, 1.807) is 12.4 Å². The molecule has 6 nitrogen and oxygen atoms in total. The van der Waals surface area contributed by atoms with Gasteiger partial charge in [-0.3, -0.25) is 19.7 Å². The molecule has 0 unspecified atom stereocenters. The van der Waals surface area contributed by atoms with Gasteiger partial charge in [0.15, 0.2) is 0 Å². The maximum atomic E-state index is 12.8. The second kappa shape index (κ2) is 6.94. The maximum Gasteiger partial charge on any atom is 0.249 e. The van der Waals surface area contributed by atoms with E-state index in [0.29, 0.717) is 19.6 Å². The van der Waals surface area contributed by atoms with Crippen molar-refractivity contribution in [2.24, 2.45) is 5.92 Å². The van der Waals surface area contributed by atoms with Crippen molar-refractivity contribution >= 4 is 5.91 Å². The molecule has 28 heavy (non-hydrogen) atoms. The fourth-order valence-corrected chi connectivity index (χ4v) is 4.53. The summed E-state index contributed by atoms with van der Waals surface area (Å²) < 4.78 is 6.06. The lowest BCUT2D eigenvalue weighted by atomic mass is 9.86. The van der Waals surface area contributed by atoms with E-state index < -0.39 is 6.10 Å². The van der Waals surface area contributed by atoms with Gasteiger partial charge in [0.05, 0.1) is 36.3 Å². The quantitative estimate of drug-likeness (QED) is 0.865. The Labute approximate surface area is 165 Å². The number of rotatable bonds is 5. The summed E-state index contributed by atoms with van der Waals surface area (Å²) in [5.74, 6) is 0.745. The van der Waals surface area contributed by atoms with Gasteiger partial charge >= 0.3 is 0 Å². The second-order valence-corrected chi connectivity index (χ2v) is 8.38. The molecule has 3 heterocycles. The molecule has 146 valence electrons. The minimum Gasteiger partial charge on any atom is -0.366 e. The summed E-state index contributed by atoms with van der Waals surface area (Å²) in [6.07, 6.45) is 6.36. The largest absolute Gasteiger partial charge is 0.366 e. The number of aromatic nitrogens is 2. The number of nitrogens with one attached hydrogen (secondary N) is 1. The molecule has 1 aliphatic carbocycles. The molecule has 1 amide bonds. The smallest absolute Gasteiger partial charge is 0.249 e. The third kappa shape index (κ3) is 3.20. The van der Waals surface area contributed by atoms with E-state index in [1.165, 1.54) is 24.0 Å². The van der Waals surface area contributed by atoms with Gasteiger partial charge in [0.1, 0.15) is 6.10 Å². The van der Waals surface area contributed by atoms with Crippen LogP contribution in [0, 0.1) is 12.8 Å². The molecule has 0 bridgehead atoms. The predicted octanol–water partition coefficient (Wildman–Crippen LogP) is 2.31. The van der Waals surface area contributed by atoms with E-state index in [1.807, 2.05) is 6.92 Å². The van der Waals surface area contributed by atoms with Crippen molar-refractivity contribution in [2.75, 3.05) is 13.2 Å². The van der Waals surface area contributed by atoms with E-state index in [4.69, 9.17) is 4.74 Å². The van der Waals surface area contributed by atoms with Crippen LogP contribution in [0.1, 0.15) is 41.8 Å². The highest BCUT2D eigenvalue weighted by molar-refractivity contribution is 5.81. The number of benzene rings is 1. The van der Waals surface area contributed by atoms with E-state index in [2.05, 4.69) is 44.5 Å². The molecule has 1 spiro atoms. The number of aryl methyl sites for hydroxylation is 1. The van der Waals surface area contributed by atoms with Crippen LogP contribution in [0.15, 0.2) is 36.7 Å².